The van der Waals surface area contributed by atoms with Crippen molar-refractivity contribution in [2.45, 2.75) is 25.8 Å². The average Bonchev–Trinajstić information content (AvgIpc) is 2.37. The fourth-order valence-electron chi connectivity index (χ4n) is 2.28. The molecule has 6 heteroatoms. The molecule has 20 heavy (non-hydrogen) atoms. The van der Waals surface area contributed by atoms with E-state index in [-0.39, 0.29) is 24.7 Å². The number of rotatable bonds is 3. The van der Waals surface area contributed by atoms with Gasteiger partial charge in [0.25, 0.3) is 0 Å². The minimum absolute atomic E-state index is 0. The molecule has 1 aliphatic heterocycles. The van der Waals surface area contributed by atoms with Gasteiger partial charge in [-0.3, -0.25) is 4.79 Å². The van der Waals surface area contributed by atoms with E-state index in [4.69, 9.17) is 0 Å². The van der Waals surface area contributed by atoms with Gasteiger partial charge in [0.1, 0.15) is 11.6 Å². The topological polar surface area (TPSA) is 32.3 Å². The Morgan fingerprint density at radius 1 is 1.45 bits per heavy atom. The molecule has 0 spiro atoms. The van der Waals surface area contributed by atoms with Crippen LogP contribution < -0.4 is 5.32 Å². The second kappa shape index (κ2) is 7.55. The second-order valence-corrected chi connectivity index (χ2v) is 4.93. The number of hydrogen-bond donors (Lipinski definition) is 1. The van der Waals surface area contributed by atoms with Gasteiger partial charge in [0.05, 0.1) is 0 Å². The van der Waals surface area contributed by atoms with Gasteiger partial charge in [-0.1, -0.05) is 6.07 Å². The first-order valence-corrected chi connectivity index (χ1v) is 6.51. The van der Waals surface area contributed by atoms with E-state index in [2.05, 4.69) is 5.32 Å². The first-order chi connectivity index (χ1) is 9.06. The van der Waals surface area contributed by atoms with E-state index in [1.165, 1.54) is 12.1 Å². The van der Waals surface area contributed by atoms with Gasteiger partial charge in [-0.25, -0.2) is 8.78 Å². The normalized spacial score (nSPS) is 18.6. The van der Waals surface area contributed by atoms with Crippen molar-refractivity contribution >= 4 is 18.3 Å². The molecule has 0 unspecified atom stereocenters. The van der Waals surface area contributed by atoms with E-state index in [9.17, 15) is 13.6 Å². The maximum Gasteiger partial charge on any atom is 0.222 e. The Kier molecular flexibility index (Phi) is 6.36. The van der Waals surface area contributed by atoms with Gasteiger partial charge in [-0.15, -0.1) is 12.4 Å². The summed E-state index contributed by atoms with van der Waals surface area (Å²) in [6, 6.07) is 3.76. The number of carbonyl (C=O) groups is 1. The van der Waals surface area contributed by atoms with Crippen LogP contribution in [0, 0.1) is 11.6 Å². The standard InChI is InChI=1S/C14H18F2N2O.ClH/c1-10-9-18(7-6-17-10)14(19)5-3-11-2-4-12(15)8-13(11)16;/h2,4,8,10,17H,3,5-7,9H2,1H3;1H/t10-;/m1./s1. The monoisotopic (exact) mass is 304 g/mol. The molecule has 0 radical (unpaired) electrons. The SMILES string of the molecule is C[C@@H]1CN(C(=O)CCc2ccc(F)cc2F)CCN1.Cl. The van der Waals surface area contributed by atoms with E-state index in [1.54, 1.807) is 4.90 Å². The Morgan fingerprint density at radius 2 is 2.20 bits per heavy atom. The van der Waals surface area contributed by atoms with E-state index in [0.717, 1.165) is 12.6 Å². The quantitative estimate of drug-likeness (QED) is 0.928. The molecule has 1 heterocycles. The van der Waals surface area contributed by atoms with Crippen LogP contribution in [0.4, 0.5) is 8.78 Å². The number of nitrogens with zero attached hydrogens (tertiary/aromatic N) is 1. The lowest BCUT2D eigenvalue weighted by Gasteiger charge is -2.32. The van der Waals surface area contributed by atoms with Crippen molar-refractivity contribution in [3.63, 3.8) is 0 Å². The predicted octanol–water partition coefficient (Wildman–Crippen LogP) is 2.14. The van der Waals surface area contributed by atoms with Crippen molar-refractivity contribution in [2.75, 3.05) is 19.6 Å². The van der Waals surface area contributed by atoms with Gasteiger partial charge in [0.15, 0.2) is 0 Å². The first-order valence-electron chi connectivity index (χ1n) is 6.51. The fraction of sp³-hybridized carbons (Fsp3) is 0.500. The summed E-state index contributed by atoms with van der Waals surface area (Å²) in [7, 11) is 0. The Balaban J connectivity index is 0.00000200. The molecule has 112 valence electrons. The molecular weight excluding hydrogens is 286 g/mol. The zero-order chi connectivity index (χ0) is 13.8. The lowest BCUT2D eigenvalue weighted by Crippen LogP contribution is -2.51. The number of aryl methyl sites for hydroxylation is 1. The van der Waals surface area contributed by atoms with E-state index >= 15 is 0 Å². The van der Waals surface area contributed by atoms with Gasteiger partial charge in [0.2, 0.25) is 5.91 Å². The minimum atomic E-state index is -0.594. The molecule has 0 bridgehead atoms. The molecule has 1 atom stereocenters. The Labute approximate surface area is 123 Å². The van der Waals surface area contributed by atoms with Gasteiger partial charge in [-0.05, 0) is 25.0 Å². The summed E-state index contributed by atoms with van der Waals surface area (Å²) in [5, 5.41) is 3.26. The van der Waals surface area contributed by atoms with Crippen molar-refractivity contribution < 1.29 is 13.6 Å². The molecule has 2 rings (SSSR count). The predicted molar refractivity (Wildman–Crippen MR) is 76.0 cm³/mol. The minimum Gasteiger partial charge on any atom is -0.340 e. The first kappa shape index (κ1) is 16.9. The van der Waals surface area contributed by atoms with Crippen LogP contribution in [0.15, 0.2) is 18.2 Å². The van der Waals surface area contributed by atoms with E-state index in [1.807, 2.05) is 6.92 Å². The second-order valence-electron chi connectivity index (χ2n) is 4.93. The summed E-state index contributed by atoms with van der Waals surface area (Å²) in [5.74, 6) is -1.15. The van der Waals surface area contributed by atoms with Crippen molar-refractivity contribution in [2.24, 2.45) is 0 Å². The van der Waals surface area contributed by atoms with Gasteiger partial charge >= 0.3 is 0 Å². The third-order valence-corrected chi connectivity index (χ3v) is 3.34. The highest BCUT2D eigenvalue weighted by Gasteiger charge is 2.20. The molecule has 1 saturated heterocycles. The third kappa shape index (κ3) is 4.42. The van der Waals surface area contributed by atoms with Crippen LogP contribution in [0.3, 0.4) is 0 Å². The van der Waals surface area contributed by atoms with Crippen LogP contribution in [0.1, 0.15) is 18.9 Å². The number of hydrogen-bond acceptors (Lipinski definition) is 2. The number of nitrogens with one attached hydrogen (secondary N) is 1. The van der Waals surface area contributed by atoms with Crippen LogP contribution in [0.5, 0.6) is 0 Å². The zero-order valence-corrected chi connectivity index (χ0v) is 12.2. The Hall–Kier alpha value is -1.20. The molecule has 1 aromatic rings. The van der Waals surface area contributed by atoms with Crippen molar-refractivity contribution in [3.05, 3.63) is 35.4 Å². The summed E-state index contributed by atoms with van der Waals surface area (Å²) < 4.78 is 26.2. The van der Waals surface area contributed by atoms with Crippen molar-refractivity contribution in [1.82, 2.24) is 10.2 Å². The number of carbonyl (C=O) groups excluding carboxylic acids is 1. The molecular formula is C14H19ClF2N2O. The number of halogens is 3. The number of benzene rings is 1. The summed E-state index contributed by atoms with van der Waals surface area (Å²) >= 11 is 0. The molecule has 1 N–H and O–H groups in total. The zero-order valence-electron chi connectivity index (χ0n) is 11.4. The highest BCUT2D eigenvalue weighted by molar-refractivity contribution is 5.85. The number of piperazine rings is 1. The van der Waals surface area contributed by atoms with Crippen LogP contribution in [-0.4, -0.2) is 36.5 Å². The molecule has 0 aromatic heterocycles. The summed E-state index contributed by atoms with van der Waals surface area (Å²) in [5.41, 5.74) is 0.387. The molecule has 1 aromatic carbocycles. The highest BCUT2D eigenvalue weighted by atomic mass is 35.5. The lowest BCUT2D eigenvalue weighted by molar-refractivity contribution is -0.132. The van der Waals surface area contributed by atoms with E-state index in [0.29, 0.717) is 31.1 Å². The summed E-state index contributed by atoms with van der Waals surface area (Å²) in [6.45, 7) is 4.19. The van der Waals surface area contributed by atoms with Crippen molar-refractivity contribution in [1.29, 1.82) is 0 Å². The maximum atomic E-state index is 13.4. The lowest BCUT2D eigenvalue weighted by atomic mass is 10.1. The van der Waals surface area contributed by atoms with E-state index < -0.39 is 11.6 Å². The van der Waals surface area contributed by atoms with Crippen LogP contribution in [0.25, 0.3) is 0 Å². The van der Waals surface area contributed by atoms with Gasteiger partial charge in [0, 0.05) is 38.2 Å². The maximum absolute atomic E-state index is 13.4. The van der Waals surface area contributed by atoms with Crippen molar-refractivity contribution in [3.8, 4) is 0 Å². The average molecular weight is 305 g/mol. The molecule has 3 nitrogen and oxygen atoms in total. The fourth-order valence-corrected chi connectivity index (χ4v) is 2.28. The summed E-state index contributed by atoms with van der Waals surface area (Å²) in [6.07, 6.45) is 0.568. The molecule has 0 saturated carbocycles. The van der Waals surface area contributed by atoms with Crippen LogP contribution in [-0.2, 0) is 11.2 Å². The van der Waals surface area contributed by atoms with Crippen LogP contribution >= 0.6 is 12.4 Å². The number of amides is 1. The molecule has 0 aliphatic carbocycles. The smallest absolute Gasteiger partial charge is 0.222 e. The van der Waals surface area contributed by atoms with Crippen LogP contribution in [0.2, 0.25) is 0 Å². The molecule has 1 aliphatic rings. The van der Waals surface area contributed by atoms with Gasteiger partial charge < -0.3 is 10.2 Å². The molecule has 1 fully saturated rings. The Morgan fingerprint density at radius 3 is 2.85 bits per heavy atom. The Bertz CT molecular complexity index is 470. The molecule has 1 amide bonds. The largest absolute Gasteiger partial charge is 0.340 e. The third-order valence-electron chi connectivity index (χ3n) is 3.34. The van der Waals surface area contributed by atoms with Gasteiger partial charge in [-0.2, -0.15) is 0 Å². The summed E-state index contributed by atoms with van der Waals surface area (Å²) in [4.78, 5) is 13.8. The highest BCUT2D eigenvalue weighted by Crippen LogP contribution is 2.12.